The highest BCUT2D eigenvalue weighted by atomic mass is 35.5. The Bertz CT molecular complexity index is 625. The van der Waals surface area contributed by atoms with Gasteiger partial charge >= 0.3 is 0 Å². The summed E-state index contributed by atoms with van der Waals surface area (Å²) < 4.78 is 0. The Morgan fingerprint density at radius 3 is 1.95 bits per heavy atom. The second-order valence-corrected chi connectivity index (χ2v) is 6.32. The summed E-state index contributed by atoms with van der Waals surface area (Å²) in [6.45, 7) is 3.71. The Labute approximate surface area is 133 Å². The van der Waals surface area contributed by atoms with Gasteiger partial charge in [0.25, 0.3) is 0 Å². The number of hydrogen-bond donors (Lipinski definition) is 0. The van der Waals surface area contributed by atoms with E-state index in [1.807, 2.05) is 44.2 Å². The van der Waals surface area contributed by atoms with Crippen LogP contribution < -0.4 is 0 Å². The van der Waals surface area contributed by atoms with Crippen LogP contribution >= 0.6 is 34.8 Å². The molecule has 2 aromatic carbocycles. The first-order chi connectivity index (χ1) is 9.34. The van der Waals surface area contributed by atoms with E-state index in [0.29, 0.717) is 10.6 Å². The topological polar surface area (TPSA) is 17.1 Å². The molecule has 20 heavy (non-hydrogen) atoms. The van der Waals surface area contributed by atoms with E-state index < -0.39 is 5.41 Å². The Hall–Kier alpha value is -1.02. The summed E-state index contributed by atoms with van der Waals surface area (Å²) in [6.07, 6.45) is 0. The summed E-state index contributed by atoms with van der Waals surface area (Å²) in [5.74, 6) is -0.129. The average Bonchev–Trinajstić information content (AvgIpc) is 2.38. The Kier molecular flexibility index (Phi) is 4.43. The number of rotatable bonds is 3. The van der Waals surface area contributed by atoms with Crippen molar-refractivity contribution < 1.29 is 4.79 Å². The molecule has 0 amide bonds. The molecule has 0 saturated carbocycles. The molecule has 0 fully saturated rings. The van der Waals surface area contributed by atoms with Crippen LogP contribution in [-0.2, 0) is 5.41 Å². The van der Waals surface area contributed by atoms with Gasteiger partial charge in [-0.2, -0.15) is 0 Å². The van der Waals surface area contributed by atoms with Crippen molar-refractivity contribution in [2.75, 3.05) is 0 Å². The number of Topliss-reactive ketones (excluding diaryl/α,β-unsaturated/α-hetero) is 1. The Morgan fingerprint density at radius 1 is 0.950 bits per heavy atom. The van der Waals surface area contributed by atoms with Crippen LogP contribution in [0.3, 0.4) is 0 Å². The smallest absolute Gasteiger partial charge is 0.175 e. The van der Waals surface area contributed by atoms with Crippen molar-refractivity contribution in [3.63, 3.8) is 0 Å². The maximum atomic E-state index is 12.8. The zero-order valence-electron chi connectivity index (χ0n) is 11.1. The summed E-state index contributed by atoms with van der Waals surface area (Å²) in [6, 6.07) is 12.6. The van der Waals surface area contributed by atoms with Gasteiger partial charge in [0, 0.05) is 5.02 Å². The molecule has 1 nitrogen and oxygen atoms in total. The zero-order valence-corrected chi connectivity index (χ0v) is 13.4. The van der Waals surface area contributed by atoms with Crippen LogP contribution in [0.2, 0.25) is 15.1 Å². The zero-order chi connectivity index (χ0) is 14.9. The first-order valence-electron chi connectivity index (χ1n) is 6.09. The molecule has 0 aromatic heterocycles. The standard InChI is InChI=1S/C16H13Cl3O/c1-16(2,10-6-4-3-5-7-10)15(20)14-12(18)8-11(17)9-13(14)19/h3-9H,1-2H3. The fourth-order valence-electron chi connectivity index (χ4n) is 2.06. The molecule has 0 heterocycles. The highest BCUT2D eigenvalue weighted by Crippen LogP contribution is 2.35. The van der Waals surface area contributed by atoms with Crippen molar-refractivity contribution in [1.29, 1.82) is 0 Å². The third-order valence-corrected chi connectivity index (χ3v) is 4.11. The van der Waals surface area contributed by atoms with E-state index in [1.165, 1.54) is 12.1 Å². The van der Waals surface area contributed by atoms with Crippen LogP contribution in [0.4, 0.5) is 0 Å². The maximum absolute atomic E-state index is 12.8. The van der Waals surface area contributed by atoms with Gasteiger partial charge in [-0.05, 0) is 31.5 Å². The van der Waals surface area contributed by atoms with Gasteiger partial charge in [0.05, 0.1) is 21.0 Å². The van der Waals surface area contributed by atoms with Gasteiger partial charge in [0.2, 0.25) is 0 Å². The molecule has 0 atom stereocenters. The van der Waals surface area contributed by atoms with Crippen molar-refractivity contribution in [2.24, 2.45) is 0 Å². The second kappa shape index (κ2) is 5.77. The molecule has 0 aliphatic rings. The first kappa shape index (κ1) is 15.4. The van der Waals surface area contributed by atoms with Gasteiger partial charge in [-0.1, -0.05) is 65.1 Å². The molecular formula is C16H13Cl3O. The molecule has 0 bridgehead atoms. The number of halogens is 3. The number of hydrogen-bond acceptors (Lipinski definition) is 1. The van der Waals surface area contributed by atoms with Crippen LogP contribution in [-0.4, -0.2) is 5.78 Å². The van der Waals surface area contributed by atoms with E-state index in [4.69, 9.17) is 34.8 Å². The van der Waals surface area contributed by atoms with Gasteiger partial charge in [-0.3, -0.25) is 4.79 Å². The lowest BCUT2D eigenvalue weighted by molar-refractivity contribution is 0.0909. The van der Waals surface area contributed by atoms with Crippen molar-refractivity contribution in [3.8, 4) is 0 Å². The largest absolute Gasteiger partial charge is 0.293 e. The maximum Gasteiger partial charge on any atom is 0.175 e. The van der Waals surface area contributed by atoms with E-state index in [0.717, 1.165) is 5.56 Å². The van der Waals surface area contributed by atoms with E-state index in [-0.39, 0.29) is 15.8 Å². The summed E-state index contributed by atoms with van der Waals surface area (Å²) >= 11 is 18.1. The lowest BCUT2D eigenvalue weighted by Gasteiger charge is -2.25. The van der Waals surface area contributed by atoms with Gasteiger partial charge in [-0.25, -0.2) is 0 Å². The fourth-order valence-corrected chi connectivity index (χ4v) is 3.05. The summed E-state index contributed by atoms with van der Waals surface area (Å²) in [5, 5.41) is 0.960. The van der Waals surface area contributed by atoms with Crippen LogP contribution in [0.25, 0.3) is 0 Å². The highest BCUT2D eigenvalue weighted by Gasteiger charge is 2.33. The van der Waals surface area contributed by atoms with Crippen LogP contribution in [0, 0.1) is 0 Å². The minimum Gasteiger partial charge on any atom is -0.293 e. The quantitative estimate of drug-likeness (QED) is 0.650. The molecule has 0 aliphatic heterocycles. The molecule has 0 radical (unpaired) electrons. The van der Waals surface area contributed by atoms with Gasteiger partial charge < -0.3 is 0 Å². The van der Waals surface area contributed by atoms with Crippen molar-refractivity contribution >= 4 is 40.6 Å². The predicted octanol–water partition coefficient (Wildman–Crippen LogP) is 5.81. The van der Waals surface area contributed by atoms with Crippen molar-refractivity contribution in [1.82, 2.24) is 0 Å². The first-order valence-corrected chi connectivity index (χ1v) is 7.22. The number of carbonyl (C=O) groups excluding carboxylic acids is 1. The summed E-state index contributed by atoms with van der Waals surface area (Å²) in [4.78, 5) is 12.8. The van der Waals surface area contributed by atoms with E-state index in [9.17, 15) is 4.79 Å². The lowest BCUT2D eigenvalue weighted by atomic mass is 9.78. The molecule has 2 rings (SSSR count). The minimum atomic E-state index is -0.720. The van der Waals surface area contributed by atoms with Crippen LogP contribution in [0.1, 0.15) is 29.8 Å². The molecule has 0 saturated heterocycles. The van der Waals surface area contributed by atoms with Gasteiger partial charge in [0.1, 0.15) is 0 Å². The van der Waals surface area contributed by atoms with E-state index in [1.54, 1.807) is 0 Å². The Morgan fingerprint density at radius 2 is 1.45 bits per heavy atom. The van der Waals surface area contributed by atoms with Crippen molar-refractivity contribution in [3.05, 3.63) is 68.7 Å². The van der Waals surface area contributed by atoms with Gasteiger partial charge in [-0.15, -0.1) is 0 Å². The molecule has 0 unspecified atom stereocenters. The predicted molar refractivity (Wildman–Crippen MR) is 85.3 cm³/mol. The molecule has 0 aliphatic carbocycles. The normalized spacial score (nSPS) is 11.4. The van der Waals surface area contributed by atoms with Crippen LogP contribution in [0.5, 0.6) is 0 Å². The molecular weight excluding hydrogens is 315 g/mol. The summed E-state index contributed by atoms with van der Waals surface area (Å²) in [7, 11) is 0. The third kappa shape index (κ3) is 2.85. The number of carbonyl (C=O) groups is 1. The SMILES string of the molecule is CC(C)(C(=O)c1c(Cl)cc(Cl)cc1Cl)c1ccccc1. The third-order valence-electron chi connectivity index (χ3n) is 3.30. The monoisotopic (exact) mass is 326 g/mol. The fraction of sp³-hybridized carbons (Fsp3) is 0.188. The van der Waals surface area contributed by atoms with Gasteiger partial charge in [0.15, 0.2) is 5.78 Å². The summed E-state index contributed by atoms with van der Waals surface area (Å²) in [5.41, 5.74) is 0.501. The number of ketones is 1. The van der Waals surface area contributed by atoms with E-state index >= 15 is 0 Å². The highest BCUT2D eigenvalue weighted by molar-refractivity contribution is 6.42. The molecule has 0 N–H and O–H groups in total. The van der Waals surface area contributed by atoms with Crippen molar-refractivity contribution in [2.45, 2.75) is 19.3 Å². The average molecular weight is 328 g/mol. The van der Waals surface area contributed by atoms with E-state index in [2.05, 4.69) is 0 Å². The number of benzene rings is 2. The molecule has 4 heteroatoms. The van der Waals surface area contributed by atoms with Crippen LogP contribution in [0.15, 0.2) is 42.5 Å². The lowest BCUT2D eigenvalue weighted by Crippen LogP contribution is -2.29. The molecule has 104 valence electrons. The Balaban J connectivity index is 2.52. The minimum absolute atomic E-state index is 0.129. The second-order valence-electron chi connectivity index (χ2n) is 5.06. The molecule has 0 spiro atoms. The molecule has 2 aromatic rings.